The minimum atomic E-state index is -4.64. The van der Waals surface area contributed by atoms with Crippen molar-refractivity contribution < 1.29 is 39.0 Å². The maximum atomic E-state index is 10.8. The van der Waals surface area contributed by atoms with Gasteiger partial charge in [-0.05, 0) is 13.3 Å². The van der Waals surface area contributed by atoms with Crippen molar-refractivity contribution in [1.29, 1.82) is 0 Å². The second-order valence-corrected chi connectivity index (χ2v) is 4.34. The van der Waals surface area contributed by atoms with Crippen molar-refractivity contribution in [2.24, 2.45) is 0 Å². The van der Waals surface area contributed by atoms with Gasteiger partial charge in [-0.2, -0.15) is 0 Å². The van der Waals surface area contributed by atoms with E-state index in [-0.39, 0.29) is 19.4 Å². The molecule has 0 aromatic carbocycles. The fourth-order valence-electron chi connectivity index (χ4n) is 0.775. The number of hydrogen-bond acceptors (Lipinski definition) is 5. The lowest BCUT2D eigenvalue weighted by molar-refractivity contribution is -0.143. The third-order valence-electron chi connectivity index (χ3n) is 1.39. The zero-order valence-corrected chi connectivity index (χ0v) is 10.2. The lowest BCUT2D eigenvalue weighted by atomic mass is 9.99. The van der Waals surface area contributed by atoms with E-state index in [9.17, 15) is 9.90 Å². The Morgan fingerprint density at radius 3 is 2.18 bits per heavy atom. The Hall–Kier alpha value is -0.760. The fraction of sp³-hybridized carbons (Fsp3) is 0.625. The van der Waals surface area contributed by atoms with Crippen molar-refractivity contribution in [2.45, 2.75) is 25.4 Å². The van der Waals surface area contributed by atoms with Gasteiger partial charge in [-0.1, -0.05) is 6.58 Å². The molecule has 102 valence electrons. The van der Waals surface area contributed by atoms with Crippen LogP contribution in [-0.4, -0.2) is 43.1 Å². The number of aliphatic hydroxyl groups is 2. The highest BCUT2D eigenvalue weighted by molar-refractivity contribution is 7.45. The van der Waals surface area contributed by atoms with Crippen molar-refractivity contribution in [3.05, 3.63) is 12.8 Å². The minimum absolute atomic E-state index is 0.139. The molecule has 0 heterocycles. The summed E-state index contributed by atoms with van der Waals surface area (Å²) in [5.74, 6) is -0.552. The van der Waals surface area contributed by atoms with Crippen molar-refractivity contribution in [3.8, 4) is 0 Å². The smallest absolute Gasteiger partial charge is 0.435 e. The van der Waals surface area contributed by atoms with Gasteiger partial charge in [0.1, 0.15) is 0 Å². The molecule has 0 saturated heterocycles. The summed E-state index contributed by atoms with van der Waals surface area (Å²) in [6.45, 7) is 4.51. The van der Waals surface area contributed by atoms with Crippen LogP contribution in [0.2, 0.25) is 0 Å². The summed E-state index contributed by atoms with van der Waals surface area (Å²) < 4.78 is 13.3. The molecule has 8 nitrogen and oxygen atoms in total. The molecule has 5 N–H and O–H groups in total. The van der Waals surface area contributed by atoms with Crippen molar-refractivity contribution in [2.75, 3.05) is 6.61 Å². The van der Waals surface area contributed by atoms with E-state index in [2.05, 4.69) is 11.3 Å². The van der Waals surface area contributed by atoms with Crippen LogP contribution in [-0.2, 0) is 14.1 Å². The van der Waals surface area contributed by atoms with Crippen molar-refractivity contribution in [1.82, 2.24) is 0 Å². The van der Waals surface area contributed by atoms with E-state index >= 15 is 0 Å². The van der Waals surface area contributed by atoms with Gasteiger partial charge in [0, 0.05) is 6.61 Å². The molecule has 0 unspecified atom stereocenters. The first-order valence-electron chi connectivity index (χ1n) is 4.44. The Morgan fingerprint density at radius 2 is 1.88 bits per heavy atom. The maximum Gasteiger partial charge on any atom is 0.466 e. The summed E-state index contributed by atoms with van der Waals surface area (Å²) in [6.07, 6.45) is 1.02. The average molecular weight is 272 g/mol. The van der Waals surface area contributed by atoms with Gasteiger partial charge in [-0.15, -0.1) is 0 Å². The zero-order valence-electron chi connectivity index (χ0n) is 9.31. The molecule has 17 heavy (non-hydrogen) atoms. The second kappa shape index (κ2) is 8.35. The number of aliphatic hydroxyl groups excluding tert-OH is 1. The Bertz CT molecular complexity index is 273. The minimum Gasteiger partial charge on any atom is -0.435 e. The molecular formula is C8H17O8P. The maximum absolute atomic E-state index is 10.8. The molecule has 0 aromatic heterocycles. The number of phosphoric acid groups is 1. The SMILES string of the molecule is C=COC(=O)C[C@](C)(O)CCO.O=P(O)(O)O. The first-order valence-corrected chi connectivity index (χ1v) is 6.00. The molecule has 0 bridgehead atoms. The Balaban J connectivity index is 0. The van der Waals surface area contributed by atoms with E-state index in [4.69, 9.17) is 24.4 Å². The molecular weight excluding hydrogens is 255 g/mol. The molecule has 0 amide bonds. The highest BCUT2D eigenvalue weighted by atomic mass is 31.2. The topological polar surface area (TPSA) is 145 Å². The van der Waals surface area contributed by atoms with Crippen LogP contribution < -0.4 is 0 Å². The van der Waals surface area contributed by atoms with Crippen molar-refractivity contribution in [3.63, 3.8) is 0 Å². The number of esters is 1. The van der Waals surface area contributed by atoms with Crippen LogP contribution in [0.5, 0.6) is 0 Å². The summed E-state index contributed by atoms with van der Waals surface area (Å²) in [6, 6.07) is 0. The third kappa shape index (κ3) is 21.1. The predicted molar refractivity (Wildman–Crippen MR) is 57.5 cm³/mol. The van der Waals surface area contributed by atoms with Gasteiger partial charge in [0.15, 0.2) is 0 Å². The van der Waals surface area contributed by atoms with E-state index in [0.717, 1.165) is 6.26 Å². The molecule has 0 saturated carbocycles. The monoisotopic (exact) mass is 272 g/mol. The van der Waals surface area contributed by atoms with E-state index in [0.29, 0.717) is 0 Å². The summed E-state index contributed by atoms with van der Waals surface area (Å²) in [4.78, 5) is 32.4. The summed E-state index contributed by atoms with van der Waals surface area (Å²) in [7, 11) is -4.64. The number of rotatable bonds is 5. The third-order valence-corrected chi connectivity index (χ3v) is 1.39. The molecule has 0 aromatic rings. The molecule has 0 rings (SSSR count). The van der Waals surface area contributed by atoms with Gasteiger partial charge in [-0.25, -0.2) is 4.57 Å². The van der Waals surface area contributed by atoms with Gasteiger partial charge in [0.25, 0.3) is 0 Å². The summed E-state index contributed by atoms with van der Waals surface area (Å²) in [5.41, 5.74) is -1.20. The van der Waals surface area contributed by atoms with Gasteiger partial charge >= 0.3 is 13.8 Å². The second-order valence-electron chi connectivity index (χ2n) is 3.32. The number of ether oxygens (including phenoxy) is 1. The quantitative estimate of drug-likeness (QED) is 0.250. The first-order chi connectivity index (χ1) is 7.52. The number of carbonyl (C=O) groups excluding carboxylic acids is 1. The van der Waals surface area contributed by atoms with E-state index in [1.807, 2.05) is 0 Å². The van der Waals surface area contributed by atoms with E-state index in [1.54, 1.807) is 0 Å². The normalized spacial score (nSPS) is 14.0. The number of hydrogen-bond donors (Lipinski definition) is 5. The number of carbonyl (C=O) groups is 1. The van der Waals surface area contributed by atoms with Crippen molar-refractivity contribution >= 4 is 13.8 Å². The summed E-state index contributed by atoms with van der Waals surface area (Å²) >= 11 is 0. The van der Waals surface area contributed by atoms with Crippen LogP contribution >= 0.6 is 7.82 Å². The standard InChI is InChI=1S/C8H14O4.H3O4P/c1-3-12-7(10)6-8(2,11)4-5-9;1-5(2,3)4/h3,9,11H,1,4-6H2,2H3;(H3,1,2,3,4)/t8-;/m1./s1. The molecule has 0 aliphatic rings. The Morgan fingerprint density at radius 1 is 1.47 bits per heavy atom. The van der Waals surface area contributed by atoms with Crippen LogP contribution in [0.4, 0.5) is 0 Å². The van der Waals surface area contributed by atoms with Gasteiger partial charge in [0.2, 0.25) is 0 Å². The lowest BCUT2D eigenvalue weighted by Crippen LogP contribution is -2.29. The van der Waals surface area contributed by atoms with Gasteiger partial charge < -0.3 is 29.6 Å². The van der Waals surface area contributed by atoms with Crippen LogP contribution in [0.25, 0.3) is 0 Å². The van der Waals surface area contributed by atoms with E-state index in [1.165, 1.54) is 6.92 Å². The first kappa shape index (κ1) is 18.6. The Kier molecular flexibility index (Phi) is 9.13. The largest absolute Gasteiger partial charge is 0.466 e. The van der Waals surface area contributed by atoms with Crippen LogP contribution in [0, 0.1) is 0 Å². The lowest BCUT2D eigenvalue weighted by Gasteiger charge is -2.19. The van der Waals surface area contributed by atoms with E-state index < -0.39 is 19.4 Å². The molecule has 0 fully saturated rings. The average Bonchev–Trinajstić information content (AvgIpc) is 1.98. The zero-order chi connectivity index (χ0) is 14.1. The van der Waals surface area contributed by atoms with Crippen LogP contribution in [0.15, 0.2) is 12.8 Å². The molecule has 9 heteroatoms. The molecule has 0 radical (unpaired) electrons. The highest BCUT2D eigenvalue weighted by Crippen LogP contribution is 2.25. The van der Waals surface area contributed by atoms with Gasteiger partial charge in [-0.3, -0.25) is 4.79 Å². The van der Waals surface area contributed by atoms with Gasteiger partial charge in [0.05, 0.1) is 18.3 Å². The predicted octanol–water partition coefficient (Wildman–Crippen LogP) is -0.732. The fourth-order valence-corrected chi connectivity index (χ4v) is 0.775. The molecule has 0 aliphatic carbocycles. The highest BCUT2D eigenvalue weighted by Gasteiger charge is 2.24. The molecule has 0 aliphatic heterocycles. The molecule has 0 spiro atoms. The molecule has 1 atom stereocenters. The Labute approximate surface area is 98.4 Å². The van der Waals surface area contributed by atoms with Crippen LogP contribution in [0.1, 0.15) is 19.8 Å². The summed E-state index contributed by atoms with van der Waals surface area (Å²) in [5, 5.41) is 17.9. The van der Waals surface area contributed by atoms with Crippen LogP contribution in [0.3, 0.4) is 0 Å².